The normalized spacial score (nSPS) is 37.3. The lowest BCUT2D eigenvalue weighted by molar-refractivity contribution is -0.181. The zero-order chi connectivity index (χ0) is 13.8. The summed E-state index contributed by atoms with van der Waals surface area (Å²) in [7, 11) is 0. The van der Waals surface area contributed by atoms with Crippen LogP contribution >= 0.6 is 22.9 Å². The molecule has 1 aromatic rings. The molecule has 106 valence electrons. The second-order valence-electron chi connectivity index (χ2n) is 5.66. The van der Waals surface area contributed by atoms with Gasteiger partial charge < -0.3 is 10.1 Å². The average Bonchev–Trinajstić information content (AvgIpc) is 2.68. The monoisotopic (exact) mass is 307 g/mol. The summed E-state index contributed by atoms with van der Waals surface area (Å²) in [4.78, 5) is 0.619. The minimum atomic E-state index is -2.93. The molecule has 0 unspecified atom stereocenters. The van der Waals surface area contributed by atoms with Crippen molar-refractivity contribution in [3.8, 4) is 0 Å². The van der Waals surface area contributed by atoms with Crippen molar-refractivity contribution >= 4 is 22.9 Å². The molecule has 0 radical (unpaired) electrons. The second-order valence-corrected chi connectivity index (χ2v) is 7.34. The fourth-order valence-electron chi connectivity index (χ4n) is 3.32. The van der Waals surface area contributed by atoms with Gasteiger partial charge in [0, 0.05) is 22.5 Å². The first kappa shape index (κ1) is 13.7. The van der Waals surface area contributed by atoms with Crippen molar-refractivity contribution < 1.29 is 13.5 Å². The fourth-order valence-corrected chi connectivity index (χ4v) is 4.76. The highest BCUT2D eigenvalue weighted by Gasteiger charge is 2.52. The Balaban J connectivity index is 2.09. The van der Waals surface area contributed by atoms with Crippen LogP contribution in [0.5, 0.6) is 0 Å². The Bertz CT molecular complexity index is 495. The van der Waals surface area contributed by atoms with E-state index in [0.29, 0.717) is 22.1 Å². The Morgan fingerprint density at radius 3 is 2.63 bits per heavy atom. The highest BCUT2D eigenvalue weighted by atomic mass is 35.5. The third-order valence-electron chi connectivity index (χ3n) is 3.88. The molecule has 1 saturated heterocycles. The summed E-state index contributed by atoms with van der Waals surface area (Å²) in [6.45, 7) is 3.57. The Morgan fingerprint density at radius 2 is 2.00 bits per heavy atom. The highest BCUT2D eigenvalue weighted by molar-refractivity contribution is 7.16. The van der Waals surface area contributed by atoms with E-state index in [1.54, 1.807) is 0 Å². The van der Waals surface area contributed by atoms with Gasteiger partial charge in [-0.25, -0.2) is 0 Å². The van der Waals surface area contributed by atoms with Crippen LogP contribution in [0.1, 0.15) is 37.1 Å². The number of hydrogen-bond acceptors (Lipinski definition) is 3. The molecular formula is C13H16ClF2NOS. The molecule has 2 aliphatic rings. The van der Waals surface area contributed by atoms with Gasteiger partial charge in [0.25, 0.3) is 5.92 Å². The Hall–Kier alpha value is -0.230. The Labute approximate surface area is 120 Å². The first-order valence-corrected chi connectivity index (χ1v) is 7.60. The van der Waals surface area contributed by atoms with Crippen LogP contribution in [0, 0.1) is 0 Å². The van der Waals surface area contributed by atoms with E-state index < -0.39 is 18.1 Å². The quantitative estimate of drug-likeness (QED) is 0.785. The number of piperidine rings is 1. The molecule has 0 amide bonds. The van der Waals surface area contributed by atoms with Gasteiger partial charge in [-0.15, -0.1) is 11.3 Å². The zero-order valence-electron chi connectivity index (χ0n) is 10.8. The number of fused-ring (bicyclic) bond motifs is 2. The van der Waals surface area contributed by atoms with Crippen LogP contribution in [0.3, 0.4) is 0 Å². The number of nitrogens with one attached hydrogen (secondary N) is 1. The maximum atomic E-state index is 14.0. The van der Waals surface area contributed by atoms with Crippen LogP contribution in [0.25, 0.3) is 0 Å². The van der Waals surface area contributed by atoms with Crippen LogP contribution in [0.2, 0.25) is 4.34 Å². The number of halogens is 3. The summed E-state index contributed by atoms with van der Waals surface area (Å²) in [5.41, 5.74) is -0.533. The van der Waals surface area contributed by atoms with E-state index in [0.717, 1.165) is 0 Å². The van der Waals surface area contributed by atoms with Gasteiger partial charge in [-0.1, -0.05) is 11.6 Å². The smallest absolute Gasteiger partial charge is 0.297 e. The summed E-state index contributed by atoms with van der Waals surface area (Å²) in [6, 6.07) is 1.89. The van der Waals surface area contributed by atoms with Crippen LogP contribution < -0.4 is 5.32 Å². The van der Waals surface area contributed by atoms with Gasteiger partial charge in [0.2, 0.25) is 0 Å². The molecule has 19 heavy (non-hydrogen) atoms. The van der Waals surface area contributed by atoms with E-state index in [1.807, 2.05) is 0 Å². The van der Waals surface area contributed by atoms with Gasteiger partial charge in [-0.3, -0.25) is 0 Å². The Morgan fingerprint density at radius 1 is 1.37 bits per heavy atom. The average molecular weight is 308 g/mol. The van der Waals surface area contributed by atoms with Gasteiger partial charge in [0.1, 0.15) is 12.2 Å². The molecule has 0 aromatic carbocycles. The molecular weight excluding hydrogens is 292 g/mol. The molecule has 1 fully saturated rings. The van der Waals surface area contributed by atoms with E-state index >= 15 is 0 Å². The van der Waals surface area contributed by atoms with Crippen LogP contribution in [-0.4, -0.2) is 18.7 Å². The van der Waals surface area contributed by atoms with Gasteiger partial charge in [-0.2, -0.15) is 8.78 Å². The van der Waals surface area contributed by atoms with E-state index in [1.165, 1.54) is 17.4 Å². The summed E-state index contributed by atoms with van der Waals surface area (Å²) in [5.74, 6) is -2.93. The molecule has 1 spiro atoms. The van der Waals surface area contributed by atoms with Crippen molar-refractivity contribution in [3.63, 3.8) is 0 Å². The highest BCUT2D eigenvalue weighted by Crippen LogP contribution is 2.53. The molecule has 2 nitrogen and oxygen atoms in total. The topological polar surface area (TPSA) is 21.3 Å². The van der Waals surface area contributed by atoms with Crippen molar-refractivity contribution in [1.82, 2.24) is 5.32 Å². The lowest BCUT2D eigenvalue weighted by Crippen LogP contribution is -2.53. The maximum absolute atomic E-state index is 14.0. The second kappa shape index (κ2) is 4.38. The number of alkyl halides is 2. The zero-order valence-corrected chi connectivity index (χ0v) is 12.4. The first-order chi connectivity index (χ1) is 8.82. The van der Waals surface area contributed by atoms with Crippen LogP contribution in [0.4, 0.5) is 8.78 Å². The molecule has 3 rings (SSSR count). The molecule has 2 aliphatic heterocycles. The summed E-state index contributed by atoms with van der Waals surface area (Å²) < 4.78 is 34.0. The van der Waals surface area contributed by atoms with Crippen molar-refractivity contribution in [2.24, 2.45) is 0 Å². The SMILES string of the molecule is C[C@@H]1C[C@]2(C[C@H](C)N1)OCC(F)(F)c1cc(Cl)sc12. The molecule has 0 aliphatic carbocycles. The molecule has 0 bridgehead atoms. The van der Waals surface area contributed by atoms with Crippen LogP contribution in [-0.2, 0) is 16.3 Å². The lowest BCUT2D eigenvalue weighted by atomic mass is 9.79. The standard InChI is InChI=1S/C13H16ClF2NOS/c1-7-4-12(5-8(2)17-7)11-9(3-10(14)19-11)13(15,16)6-18-12/h3,7-8,17H,4-6H2,1-2H3/t7-,8+,12-. The van der Waals surface area contributed by atoms with Gasteiger partial charge in [-0.05, 0) is 32.8 Å². The van der Waals surface area contributed by atoms with E-state index in [9.17, 15) is 8.78 Å². The first-order valence-electron chi connectivity index (χ1n) is 6.40. The van der Waals surface area contributed by atoms with Crippen molar-refractivity contribution in [2.75, 3.05) is 6.61 Å². The van der Waals surface area contributed by atoms with Gasteiger partial charge >= 0.3 is 0 Å². The van der Waals surface area contributed by atoms with E-state index in [4.69, 9.17) is 16.3 Å². The predicted molar refractivity (Wildman–Crippen MR) is 72.1 cm³/mol. The van der Waals surface area contributed by atoms with Gasteiger partial charge in [0.15, 0.2) is 0 Å². The van der Waals surface area contributed by atoms with Gasteiger partial charge in [0.05, 0.1) is 4.34 Å². The molecule has 3 heterocycles. The Kier molecular flexibility index (Phi) is 3.17. The third kappa shape index (κ3) is 2.20. The maximum Gasteiger partial charge on any atom is 0.297 e. The fraction of sp³-hybridized carbons (Fsp3) is 0.692. The molecule has 3 atom stereocenters. The molecule has 1 aromatic heterocycles. The number of ether oxygens (including phenoxy) is 1. The number of hydrogen-bond donors (Lipinski definition) is 1. The van der Waals surface area contributed by atoms with E-state index in [-0.39, 0.29) is 17.6 Å². The third-order valence-corrected chi connectivity index (χ3v) is 5.33. The summed E-state index contributed by atoms with van der Waals surface area (Å²) in [6.07, 6.45) is 1.41. The summed E-state index contributed by atoms with van der Waals surface area (Å²) >= 11 is 7.20. The van der Waals surface area contributed by atoms with Crippen LogP contribution in [0.15, 0.2) is 6.07 Å². The summed E-state index contributed by atoms with van der Waals surface area (Å²) in [5, 5.41) is 3.41. The minimum absolute atomic E-state index is 0.0649. The molecule has 1 N–H and O–H groups in total. The minimum Gasteiger partial charge on any atom is -0.363 e. The number of thiophene rings is 1. The van der Waals surface area contributed by atoms with E-state index in [2.05, 4.69) is 19.2 Å². The molecule has 0 saturated carbocycles. The van der Waals surface area contributed by atoms with Crippen molar-refractivity contribution in [3.05, 3.63) is 20.8 Å². The van der Waals surface area contributed by atoms with Crippen molar-refractivity contribution in [1.29, 1.82) is 0 Å². The molecule has 6 heteroatoms. The number of rotatable bonds is 0. The predicted octanol–water partition coefficient (Wildman–Crippen LogP) is 3.88. The lowest BCUT2D eigenvalue weighted by Gasteiger charge is -2.46. The van der Waals surface area contributed by atoms with Crippen molar-refractivity contribution in [2.45, 2.75) is 50.3 Å². The largest absolute Gasteiger partial charge is 0.363 e.